The molecule has 2 rings (SSSR count). The highest BCUT2D eigenvalue weighted by atomic mass is 16.5. The lowest BCUT2D eigenvalue weighted by Gasteiger charge is -2.20. The summed E-state index contributed by atoms with van der Waals surface area (Å²) in [5.41, 5.74) is 11.1. The molecule has 6 N–H and O–H groups in total. The minimum atomic E-state index is -0.791. The summed E-state index contributed by atoms with van der Waals surface area (Å²) < 4.78 is 5.63. The molecule has 0 saturated heterocycles. The first-order valence-corrected chi connectivity index (χ1v) is 12.7. The zero-order valence-corrected chi connectivity index (χ0v) is 23.3. The number of rotatable bonds is 11. The molecule has 0 aliphatic heterocycles. The van der Waals surface area contributed by atoms with Crippen LogP contribution in [0.1, 0.15) is 68.6 Å². The molecule has 0 saturated carbocycles. The molecule has 2 aromatic rings. The van der Waals surface area contributed by atoms with E-state index >= 15 is 0 Å². The van der Waals surface area contributed by atoms with Gasteiger partial charge < -0.3 is 21.1 Å². The second kappa shape index (κ2) is 14.1. The number of nitrogens with two attached hydrogens (primary N) is 1. The third kappa shape index (κ3) is 9.56. The number of hydrogen-bond donors (Lipinski definition) is 5. The topological polar surface area (TPSA) is 162 Å². The number of allylic oxidation sites excluding steroid dienone is 1. The van der Waals surface area contributed by atoms with E-state index in [-0.39, 0.29) is 23.8 Å². The molecule has 0 spiro atoms. The molecule has 0 bridgehead atoms. The number of carbonyl (C=O) groups excluding carboxylic acids is 2. The Hall–Kier alpha value is -4.20. The average Bonchev–Trinajstić information content (AvgIpc) is 2.89. The van der Waals surface area contributed by atoms with Crippen molar-refractivity contribution in [3.05, 3.63) is 70.8 Å². The number of nitriles is 1. The van der Waals surface area contributed by atoms with Crippen LogP contribution >= 0.6 is 0 Å². The normalized spacial score (nSPS) is 12.9. The van der Waals surface area contributed by atoms with Gasteiger partial charge in [0.2, 0.25) is 0 Å². The third-order valence-corrected chi connectivity index (χ3v) is 5.90. The highest BCUT2D eigenvalue weighted by Gasteiger charge is 2.18. The number of nitrogens with zero attached hydrogens (tertiary/aromatic N) is 2. The van der Waals surface area contributed by atoms with Crippen molar-refractivity contribution >= 4 is 23.3 Å². The van der Waals surface area contributed by atoms with Crippen LogP contribution in [0.25, 0.3) is 5.70 Å². The summed E-state index contributed by atoms with van der Waals surface area (Å²) in [6.07, 6.45) is 2.18. The van der Waals surface area contributed by atoms with Crippen LogP contribution in [0, 0.1) is 11.3 Å². The number of amides is 3. The SMILES string of the molecule is C/C=C(\N=C(C)C(C)(C)N)c1ccc(CC(CNC(=O)NO)NC(=O)c2ccc(OC(C)C)c(C#N)c2)cc1. The van der Waals surface area contributed by atoms with Crippen LogP contribution < -0.4 is 26.6 Å². The summed E-state index contributed by atoms with van der Waals surface area (Å²) in [6, 6.07) is 13.1. The van der Waals surface area contributed by atoms with Crippen molar-refractivity contribution in [1.29, 1.82) is 5.26 Å². The largest absolute Gasteiger partial charge is 0.490 e. The summed E-state index contributed by atoms with van der Waals surface area (Å²) >= 11 is 0. The monoisotopic (exact) mass is 534 g/mol. The first-order valence-electron chi connectivity index (χ1n) is 12.7. The van der Waals surface area contributed by atoms with Gasteiger partial charge in [-0.15, -0.1) is 0 Å². The summed E-state index contributed by atoms with van der Waals surface area (Å²) in [5, 5.41) is 23.8. The van der Waals surface area contributed by atoms with Crippen molar-refractivity contribution in [2.75, 3.05) is 6.54 Å². The molecule has 0 radical (unpaired) electrons. The van der Waals surface area contributed by atoms with Gasteiger partial charge in [-0.3, -0.25) is 15.0 Å². The average molecular weight is 535 g/mol. The molecular weight excluding hydrogens is 496 g/mol. The van der Waals surface area contributed by atoms with E-state index in [1.807, 2.05) is 71.9 Å². The van der Waals surface area contributed by atoms with E-state index in [0.29, 0.717) is 12.2 Å². The van der Waals surface area contributed by atoms with E-state index in [4.69, 9.17) is 15.7 Å². The van der Waals surface area contributed by atoms with Crippen LogP contribution in [-0.4, -0.2) is 47.1 Å². The van der Waals surface area contributed by atoms with E-state index in [2.05, 4.69) is 21.7 Å². The fraction of sp³-hybridized carbons (Fsp3) is 0.379. The summed E-state index contributed by atoms with van der Waals surface area (Å²) in [7, 11) is 0. The van der Waals surface area contributed by atoms with E-state index < -0.39 is 23.5 Å². The molecule has 2 aromatic carbocycles. The maximum atomic E-state index is 13.1. The lowest BCUT2D eigenvalue weighted by molar-refractivity contribution is 0.0935. The van der Waals surface area contributed by atoms with Crippen molar-refractivity contribution in [2.24, 2.45) is 10.7 Å². The highest BCUT2D eigenvalue weighted by molar-refractivity contribution is 5.95. The maximum Gasteiger partial charge on any atom is 0.338 e. The molecule has 10 nitrogen and oxygen atoms in total. The van der Waals surface area contributed by atoms with Crippen LogP contribution in [0.5, 0.6) is 5.75 Å². The van der Waals surface area contributed by atoms with Crippen LogP contribution in [0.15, 0.2) is 53.5 Å². The molecule has 10 heteroatoms. The number of aliphatic imine (C=N–C) groups is 1. The number of hydrogen-bond acceptors (Lipinski definition) is 7. The molecule has 0 aliphatic carbocycles. The van der Waals surface area contributed by atoms with Gasteiger partial charge in [-0.2, -0.15) is 5.26 Å². The number of carbonyl (C=O) groups is 2. The minimum absolute atomic E-state index is 0.0503. The Kier molecular flexibility index (Phi) is 11.2. The number of ether oxygens (including phenoxy) is 1. The number of benzene rings is 2. The predicted octanol–water partition coefficient (Wildman–Crippen LogP) is 3.93. The molecule has 0 heterocycles. The second-order valence-corrected chi connectivity index (χ2v) is 9.98. The molecule has 1 unspecified atom stereocenters. The summed E-state index contributed by atoms with van der Waals surface area (Å²) in [6.45, 7) is 11.4. The summed E-state index contributed by atoms with van der Waals surface area (Å²) in [4.78, 5) is 29.3. The van der Waals surface area contributed by atoms with Gasteiger partial charge in [0.1, 0.15) is 11.8 Å². The van der Waals surface area contributed by atoms with Crippen molar-refractivity contribution in [3.8, 4) is 11.8 Å². The number of nitrogens with one attached hydrogen (secondary N) is 3. The molecular formula is C29H38N6O4. The molecule has 0 aliphatic rings. The molecule has 0 aromatic heterocycles. The van der Waals surface area contributed by atoms with Crippen LogP contribution in [-0.2, 0) is 6.42 Å². The van der Waals surface area contributed by atoms with E-state index in [9.17, 15) is 14.9 Å². The van der Waals surface area contributed by atoms with Crippen molar-refractivity contribution < 1.29 is 19.5 Å². The molecule has 208 valence electrons. The molecule has 0 fully saturated rings. The van der Waals surface area contributed by atoms with Crippen molar-refractivity contribution in [3.63, 3.8) is 0 Å². The Morgan fingerprint density at radius 1 is 1.18 bits per heavy atom. The predicted molar refractivity (Wildman–Crippen MR) is 152 cm³/mol. The maximum absolute atomic E-state index is 13.1. The zero-order chi connectivity index (χ0) is 29.2. The lowest BCUT2D eigenvalue weighted by atomic mass is 10.00. The van der Waals surface area contributed by atoms with Gasteiger partial charge in [-0.1, -0.05) is 30.3 Å². The fourth-order valence-electron chi connectivity index (χ4n) is 3.53. The van der Waals surface area contributed by atoms with E-state index in [0.717, 1.165) is 22.5 Å². The third-order valence-electron chi connectivity index (χ3n) is 5.90. The van der Waals surface area contributed by atoms with Gasteiger partial charge in [-0.05, 0) is 77.3 Å². The zero-order valence-electron chi connectivity index (χ0n) is 23.3. The van der Waals surface area contributed by atoms with Crippen LogP contribution in [0.3, 0.4) is 0 Å². The Labute approximate surface area is 229 Å². The lowest BCUT2D eigenvalue weighted by Crippen LogP contribution is -2.47. The van der Waals surface area contributed by atoms with Gasteiger partial charge in [0.15, 0.2) is 0 Å². The summed E-state index contributed by atoms with van der Waals surface area (Å²) in [5.74, 6) is -0.0159. The highest BCUT2D eigenvalue weighted by Crippen LogP contribution is 2.22. The van der Waals surface area contributed by atoms with Gasteiger partial charge in [-0.25, -0.2) is 10.3 Å². The number of urea groups is 1. The molecule has 39 heavy (non-hydrogen) atoms. The van der Waals surface area contributed by atoms with Gasteiger partial charge in [0.05, 0.1) is 23.4 Å². The first kappa shape index (κ1) is 31.0. The van der Waals surface area contributed by atoms with Gasteiger partial charge in [0, 0.05) is 23.4 Å². The Morgan fingerprint density at radius 3 is 2.36 bits per heavy atom. The quantitative estimate of drug-likeness (QED) is 0.167. The van der Waals surface area contributed by atoms with Gasteiger partial charge >= 0.3 is 6.03 Å². The van der Waals surface area contributed by atoms with E-state index in [1.165, 1.54) is 11.5 Å². The minimum Gasteiger partial charge on any atom is -0.490 e. The van der Waals surface area contributed by atoms with Crippen LogP contribution in [0.4, 0.5) is 4.79 Å². The molecule has 3 amide bonds. The molecule has 1 atom stereocenters. The standard InChI is InChI=1S/C29H38N6O4/c1-7-25(33-19(4)29(5,6)31)21-10-8-20(9-11-21)14-24(17-32-28(37)35-38)34-27(36)22-12-13-26(39-18(2)3)23(15-22)16-30/h7-13,15,18,24,38H,14,17,31H2,1-6H3,(H,34,36)(H2,32,35,37)/b25-7-,33-19?. The Morgan fingerprint density at radius 2 is 1.82 bits per heavy atom. The van der Waals surface area contributed by atoms with Crippen molar-refractivity contribution in [1.82, 2.24) is 16.1 Å². The van der Waals surface area contributed by atoms with E-state index in [1.54, 1.807) is 12.1 Å². The number of hydroxylamine groups is 1. The van der Waals surface area contributed by atoms with Gasteiger partial charge in [0.25, 0.3) is 5.91 Å². The Balaban J connectivity index is 2.24. The van der Waals surface area contributed by atoms with Crippen LogP contribution in [0.2, 0.25) is 0 Å². The first-order chi connectivity index (χ1) is 18.4. The smallest absolute Gasteiger partial charge is 0.338 e. The Bertz CT molecular complexity index is 1250. The fourth-order valence-corrected chi connectivity index (χ4v) is 3.53. The second-order valence-electron chi connectivity index (χ2n) is 9.98. The van der Waals surface area contributed by atoms with Crippen molar-refractivity contribution in [2.45, 2.75) is 65.6 Å².